The number of hydrogen-bond donors (Lipinski definition) is 1. The number of hydrazone groups is 1. The van der Waals surface area contributed by atoms with Crippen molar-refractivity contribution in [1.29, 1.82) is 0 Å². The molecule has 2 N–H and O–H groups in total. The monoisotopic (exact) mass is 388 g/mol. The maximum atomic E-state index is 12.6. The van der Waals surface area contributed by atoms with Crippen LogP contribution in [0.1, 0.15) is 30.2 Å². The van der Waals surface area contributed by atoms with Gasteiger partial charge in [0.1, 0.15) is 18.0 Å². The molecule has 0 radical (unpaired) electrons. The van der Waals surface area contributed by atoms with Gasteiger partial charge >= 0.3 is 0 Å². The molecule has 7 nitrogen and oxygen atoms in total. The molecule has 3 heterocycles. The quantitative estimate of drug-likeness (QED) is 0.467. The van der Waals surface area contributed by atoms with E-state index in [4.69, 9.17) is 10.6 Å². The molecule has 0 spiro atoms. The van der Waals surface area contributed by atoms with Crippen LogP contribution in [-0.4, -0.2) is 46.5 Å². The Morgan fingerprint density at radius 1 is 1.29 bits per heavy atom. The molecule has 2 aromatic rings. The van der Waals surface area contributed by atoms with Crippen LogP contribution >= 0.6 is 0 Å². The van der Waals surface area contributed by atoms with Gasteiger partial charge in [0.2, 0.25) is 5.88 Å². The number of fused-ring (bicyclic) bond motifs is 1. The summed E-state index contributed by atoms with van der Waals surface area (Å²) in [6, 6.07) is 4.64. The van der Waals surface area contributed by atoms with Crippen molar-refractivity contribution in [2.75, 3.05) is 20.2 Å². The van der Waals surface area contributed by atoms with Crippen molar-refractivity contribution in [3.8, 4) is 5.88 Å². The average Bonchev–Trinajstić information content (AvgIpc) is 2.70. The summed E-state index contributed by atoms with van der Waals surface area (Å²) >= 11 is 0. The third kappa shape index (κ3) is 4.86. The van der Waals surface area contributed by atoms with Crippen LogP contribution in [0.15, 0.2) is 40.7 Å². The number of aliphatic imine (C=N–C) groups is 1. The molecular weight excluding hydrogens is 366 g/mol. The average molecular weight is 388 g/mol. The Morgan fingerprint density at radius 2 is 2.11 bits per heavy atom. The van der Waals surface area contributed by atoms with E-state index >= 15 is 0 Å². The Hall–Kier alpha value is -2.94. The number of nitrogens with two attached hydrogens (primary N) is 1. The molecule has 1 aliphatic heterocycles. The van der Waals surface area contributed by atoms with Gasteiger partial charge in [0.25, 0.3) is 6.43 Å². The van der Waals surface area contributed by atoms with Crippen LogP contribution in [0.3, 0.4) is 0 Å². The molecule has 3 rings (SSSR count). The van der Waals surface area contributed by atoms with E-state index in [0.717, 1.165) is 19.5 Å². The molecule has 0 saturated heterocycles. The third-order valence-corrected chi connectivity index (χ3v) is 4.49. The predicted molar refractivity (Wildman–Crippen MR) is 103 cm³/mol. The molecule has 0 aromatic carbocycles. The number of alkyl halides is 2. The fraction of sp³-hybridized carbons (Fsp3) is 0.368. The van der Waals surface area contributed by atoms with Gasteiger partial charge in [-0.15, -0.1) is 0 Å². The highest BCUT2D eigenvalue weighted by Gasteiger charge is 2.15. The lowest BCUT2D eigenvalue weighted by Crippen LogP contribution is -2.27. The number of nitrogens with zero attached hydrogens (tertiary/aromatic N) is 5. The number of ether oxygens (including phenoxy) is 1. The van der Waals surface area contributed by atoms with Crippen LogP contribution < -0.4 is 10.6 Å². The summed E-state index contributed by atoms with van der Waals surface area (Å²) in [5.41, 5.74) is 3.46. The van der Waals surface area contributed by atoms with E-state index in [0.29, 0.717) is 23.0 Å². The SMILES string of the molecule is C/C(=N/N)C(COc1cc2c(cn1)CN(C)CC2)=Nc1ccc(C(F)F)nc1. The van der Waals surface area contributed by atoms with Crippen molar-refractivity contribution in [3.63, 3.8) is 0 Å². The van der Waals surface area contributed by atoms with E-state index in [9.17, 15) is 8.78 Å². The predicted octanol–water partition coefficient (Wildman–Crippen LogP) is 2.89. The lowest BCUT2D eigenvalue weighted by atomic mass is 10.0. The lowest BCUT2D eigenvalue weighted by Gasteiger charge is -2.24. The molecule has 0 amide bonds. The van der Waals surface area contributed by atoms with Crippen LogP contribution in [0.25, 0.3) is 0 Å². The highest BCUT2D eigenvalue weighted by molar-refractivity contribution is 6.42. The number of pyridine rings is 2. The Kier molecular flexibility index (Phi) is 6.25. The summed E-state index contributed by atoms with van der Waals surface area (Å²) in [6.45, 7) is 3.65. The van der Waals surface area contributed by atoms with Gasteiger partial charge in [0, 0.05) is 25.4 Å². The molecular formula is C19H22F2N6O. The van der Waals surface area contributed by atoms with Gasteiger partial charge in [-0.2, -0.15) is 5.10 Å². The van der Waals surface area contributed by atoms with Gasteiger partial charge in [0.05, 0.1) is 17.6 Å². The number of hydrogen-bond acceptors (Lipinski definition) is 7. The van der Waals surface area contributed by atoms with Crippen LogP contribution in [0, 0.1) is 0 Å². The second-order valence-electron chi connectivity index (χ2n) is 6.58. The second kappa shape index (κ2) is 8.83. The van der Waals surface area contributed by atoms with E-state index < -0.39 is 6.43 Å². The summed E-state index contributed by atoms with van der Waals surface area (Å²) in [5.74, 6) is 5.87. The van der Waals surface area contributed by atoms with Crippen molar-refractivity contribution in [2.45, 2.75) is 26.3 Å². The number of halogens is 2. The third-order valence-electron chi connectivity index (χ3n) is 4.49. The molecule has 1 aliphatic rings. The summed E-state index contributed by atoms with van der Waals surface area (Å²) in [6.07, 6.45) is 1.42. The number of rotatable bonds is 6. The smallest absolute Gasteiger partial charge is 0.280 e. The minimum Gasteiger partial charge on any atom is -0.471 e. The Balaban J connectivity index is 1.74. The van der Waals surface area contributed by atoms with Gasteiger partial charge < -0.3 is 15.5 Å². The summed E-state index contributed by atoms with van der Waals surface area (Å²) in [7, 11) is 2.08. The number of aromatic nitrogens is 2. The first kappa shape index (κ1) is 19.8. The molecule has 0 aliphatic carbocycles. The molecule has 0 bridgehead atoms. The highest BCUT2D eigenvalue weighted by atomic mass is 19.3. The Labute approximate surface area is 162 Å². The molecule has 148 valence electrons. The van der Waals surface area contributed by atoms with E-state index in [-0.39, 0.29) is 12.3 Å². The fourth-order valence-electron chi connectivity index (χ4n) is 2.82. The maximum absolute atomic E-state index is 12.6. The number of likely N-dealkylation sites (N-methyl/N-ethyl adjacent to an activating group) is 1. The standard InChI is InChI=1S/C19H22F2N6O/c1-12(26-22)17(25-15-3-4-16(19(20)21)23-9-15)11-28-18-7-13-5-6-27(2)10-14(13)8-24-18/h3-4,7-9,19H,5-6,10-11,22H2,1-2H3/b25-17?,26-12-. The van der Waals surface area contributed by atoms with Crippen molar-refractivity contribution in [2.24, 2.45) is 15.9 Å². The summed E-state index contributed by atoms with van der Waals surface area (Å²) < 4.78 is 31.0. The van der Waals surface area contributed by atoms with E-state index in [1.807, 2.05) is 12.3 Å². The van der Waals surface area contributed by atoms with Gasteiger partial charge in [-0.05, 0) is 43.7 Å². The lowest BCUT2D eigenvalue weighted by molar-refractivity contribution is 0.146. The van der Waals surface area contributed by atoms with Crippen LogP contribution in [0.5, 0.6) is 5.88 Å². The first-order chi connectivity index (χ1) is 13.5. The topological polar surface area (TPSA) is 89.0 Å². The van der Waals surface area contributed by atoms with Crippen LogP contribution in [-0.2, 0) is 13.0 Å². The van der Waals surface area contributed by atoms with Gasteiger partial charge in [0.15, 0.2) is 0 Å². The largest absolute Gasteiger partial charge is 0.471 e. The van der Waals surface area contributed by atoms with E-state index in [1.165, 1.54) is 29.5 Å². The molecule has 28 heavy (non-hydrogen) atoms. The molecule has 0 atom stereocenters. The first-order valence-electron chi connectivity index (χ1n) is 8.82. The Morgan fingerprint density at radius 3 is 2.79 bits per heavy atom. The zero-order valence-corrected chi connectivity index (χ0v) is 15.8. The minimum atomic E-state index is -2.62. The van der Waals surface area contributed by atoms with Gasteiger partial charge in [-0.25, -0.2) is 18.8 Å². The van der Waals surface area contributed by atoms with Gasteiger partial charge in [-0.1, -0.05) is 0 Å². The zero-order valence-electron chi connectivity index (χ0n) is 15.8. The van der Waals surface area contributed by atoms with Crippen LogP contribution in [0.4, 0.5) is 14.5 Å². The maximum Gasteiger partial charge on any atom is 0.280 e. The molecule has 0 saturated carbocycles. The van der Waals surface area contributed by atoms with Crippen molar-refractivity contribution in [1.82, 2.24) is 14.9 Å². The summed E-state index contributed by atoms with van der Waals surface area (Å²) in [4.78, 5) is 14.7. The molecule has 0 unspecified atom stereocenters. The van der Waals surface area contributed by atoms with Crippen molar-refractivity contribution >= 4 is 17.1 Å². The normalized spacial score (nSPS) is 15.6. The fourth-order valence-corrected chi connectivity index (χ4v) is 2.82. The minimum absolute atomic E-state index is 0.0921. The summed E-state index contributed by atoms with van der Waals surface area (Å²) in [5, 5.41) is 3.66. The van der Waals surface area contributed by atoms with Crippen molar-refractivity contribution < 1.29 is 13.5 Å². The van der Waals surface area contributed by atoms with E-state index in [1.54, 1.807) is 6.92 Å². The molecule has 9 heteroatoms. The zero-order chi connectivity index (χ0) is 20.1. The van der Waals surface area contributed by atoms with Crippen molar-refractivity contribution in [3.05, 3.63) is 47.4 Å². The molecule has 2 aromatic heterocycles. The highest BCUT2D eigenvalue weighted by Crippen LogP contribution is 2.22. The van der Waals surface area contributed by atoms with Gasteiger partial charge in [-0.3, -0.25) is 4.98 Å². The Bertz CT molecular complexity index is 882. The second-order valence-corrected chi connectivity index (χ2v) is 6.58. The van der Waals surface area contributed by atoms with Crippen LogP contribution in [0.2, 0.25) is 0 Å². The van der Waals surface area contributed by atoms with E-state index in [2.05, 4.69) is 32.0 Å². The first-order valence-corrected chi connectivity index (χ1v) is 8.82. The molecule has 0 fully saturated rings.